The van der Waals surface area contributed by atoms with Gasteiger partial charge in [-0.1, -0.05) is 54.4 Å². The van der Waals surface area contributed by atoms with Gasteiger partial charge in [-0.2, -0.15) is 0 Å². The molecule has 1 aliphatic rings. The first-order valence-electron chi connectivity index (χ1n) is 11.8. The molecule has 37 heavy (non-hydrogen) atoms. The number of ether oxygens (including phenoxy) is 2. The molecule has 0 saturated heterocycles. The van der Waals surface area contributed by atoms with Gasteiger partial charge in [0.25, 0.3) is 5.91 Å². The number of amides is 1. The number of halogens is 2. The van der Waals surface area contributed by atoms with Crippen molar-refractivity contribution in [2.24, 2.45) is 5.92 Å². The van der Waals surface area contributed by atoms with E-state index in [1.165, 1.54) is 7.11 Å². The number of allylic oxidation sites excluding steroid dienone is 5. The van der Waals surface area contributed by atoms with Gasteiger partial charge in [0.15, 0.2) is 0 Å². The third-order valence-corrected chi connectivity index (χ3v) is 6.45. The average Bonchev–Trinajstić information content (AvgIpc) is 2.89. The van der Waals surface area contributed by atoms with E-state index in [4.69, 9.17) is 32.7 Å². The molecular weight excluding hydrogens is 515 g/mol. The van der Waals surface area contributed by atoms with Crippen molar-refractivity contribution in [1.29, 1.82) is 0 Å². The first-order valence-corrected chi connectivity index (χ1v) is 12.5. The quantitative estimate of drug-likeness (QED) is 0.397. The van der Waals surface area contributed by atoms with E-state index in [9.17, 15) is 9.59 Å². The first-order chi connectivity index (χ1) is 17.8. The molecule has 1 N–H and O–H groups in total. The van der Waals surface area contributed by atoms with Gasteiger partial charge in [-0.05, 0) is 42.7 Å². The molecule has 1 aliphatic carbocycles. The lowest BCUT2D eigenvalue weighted by atomic mass is 9.91. The minimum absolute atomic E-state index is 0.116. The summed E-state index contributed by atoms with van der Waals surface area (Å²) in [5, 5.41) is 3.08. The van der Waals surface area contributed by atoms with E-state index in [0.29, 0.717) is 19.1 Å². The fourth-order valence-electron chi connectivity index (χ4n) is 3.98. The van der Waals surface area contributed by atoms with Crippen LogP contribution >= 0.6 is 23.2 Å². The van der Waals surface area contributed by atoms with Crippen LogP contribution in [0.4, 0.5) is 5.95 Å². The van der Waals surface area contributed by atoms with Gasteiger partial charge in [0, 0.05) is 37.7 Å². The van der Waals surface area contributed by atoms with Crippen LogP contribution in [0.5, 0.6) is 0 Å². The maximum atomic E-state index is 12.8. The summed E-state index contributed by atoms with van der Waals surface area (Å²) in [6, 6.07) is 5.66. The highest BCUT2D eigenvalue weighted by Crippen LogP contribution is 2.30. The summed E-state index contributed by atoms with van der Waals surface area (Å²) in [5.74, 6) is -0.285. The van der Waals surface area contributed by atoms with Crippen LogP contribution in [0, 0.1) is 5.92 Å². The van der Waals surface area contributed by atoms with Gasteiger partial charge in [0.1, 0.15) is 6.04 Å². The van der Waals surface area contributed by atoms with Gasteiger partial charge in [-0.15, -0.1) is 0 Å². The van der Waals surface area contributed by atoms with Gasteiger partial charge < -0.3 is 19.7 Å². The normalized spacial score (nSPS) is 16.1. The van der Waals surface area contributed by atoms with Gasteiger partial charge in [0.2, 0.25) is 5.95 Å². The van der Waals surface area contributed by atoms with Crippen molar-refractivity contribution in [3.05, 3.63) is 87.8 Å². The zero-order chi connectivity index (χ0) is 26.8. The van der Waals surface area contributed by atoms with Crippen LogP contribution in [0.3, 0.4) is 0 Å². The predicted octanol–water partition coefficient (Wildman–Crippen LogP) is 5.00. The Morgan fingerprint density at radius 2 is 1.86 bits per heavy atom. The second-order valence-electron chi connectivity index (χ2n) is 8.42. The molecule has 1 heterocycles. The van der Waals surface area contributed by atoms with E-state index in [-0.39, 0.29) is 27.9 Å². The number of rotatable bonds is 11. The number of esters is 1. The molecule has 1 aromatic carbocycles. The molecule has 1 amide bonds. The Morgan fingerprint density at radius 1 is 1.16 bits per heavy atom. The monoisotopic (exact) mass is 544 g/mol. The molecule has 3 rings (SSSR count). The van der Waals surface area contributed by atoms with Crippen LogP contribution < -0.4 is 10.2 Å². The zero-order valence-corrected chi connectivity index (χ0v) is 22.5. The van der Waals surface area contributed by atoms with Crippen LogP contribution in [-0.2, 0) is 14.3 Å². The Hall–Kier alpha value is -3.20. The number of hydrogen-bond acceptors (Lipinski definition) is 7. The summed E-state index contributed by atoms with van der Waals surface area (Å²) < 4.78 is 10.2. The Labute approximate surface area is 227 Å². The summed E-state index contributed by atoms with van der Waals surface area (Å²) >= 11 is 12.3. The summed E-state index contributed by atoms with van der Waals surface area (Å²) in [6.45, 7) is 3.31. The molecule has 2 aromatic rings. The molecule has 0 fully saturated rings. The first kappa shape index (κ1) is 28.4. The smallest absolute Gasteiger partial charge is 0.328 e. The van der Waals surface area contributed by atoms with E-state index in [0.717, 1.165) is 17.7 Å². The molecule has 0 aliphatic heterocycles. The number of nitrogens with one attached hydrogen (secondary N) is 1. The molecule has 0 saturated carbocycles. The van der Waals surface area contributed by atoms with Gasteiger partial charge in [-0.3, -0.25) is 4.79 Å². The summed E-state index contributed by atoms with van der Waals surface area (Å²) in [6.07, 6.45) is 12.3. The molecule has 2 atom stereocenters. The third kappa shape index (κ3) is 7.64. The molecule has 0 bridgehead atoms. The van der Waals surface area contributed by atoms with Crippen molar-refractivity contribution in [1.82, 2.24) is 15.3 Å². The second-order valence-corrected chi connectivity index (χ2v) is 9.23. The van der Waals surface area contributed by atoms with Gasteiger partial charge in [0.05, 0.1) is 29.3 Å². The highest BCUT2D eigenvalue weighted by atomic mass is 35.5. The maximum Gasteiger partial charge on any atom is 0.328 e. The van der Waals surface area contributed by atoms with Crippen LogP contribution in [0.25, 0.3) is 0 Å². The predicted molar refractivity (Wildman–Crippen MR) is 145 cm³/mol. The Bertz CT molecular complexity index is 1160. The van der Waals surface area contributed by atoms with E-state index in [2.05, 4.69) is 33.2 Å². The standard InChI is InChI=1S/C27H30Cl2N4O4/c1-18-17-19(11-12-23(18)33(15-16-36-2)27-30-13-6-14-31-27)7-4-10-22(26(35)37-3)32-25(34)24-20(28)8-5-9-21(24)29/h4-9,11-14,18,22H,10,15-17H2,1-3H3,(H,32,34)/b7-4+. The number of carbonyl (C=O) groups excluding carboxylic acids is 2. The number of benzene rings is 1. The van der Waals surface area contributed by atoms with E-state index >= 15 is 0 Å². The van der Waals surface area contributed by atoms with Crippen LogP contribution in [-0.4, -0.2) is 55.3 Å². The highest BCUT2D eigenvalue weighted by molar-refractivity contribution is 6.39. The number of methoxy groups -OCH3 is 2. The lowest BCUT2D eigenvalue weighted by molar-refractivity contribution is -0.142. The van der Waals surface area contributed by atoms with Crippen molar-refractivity contribution in [2.75, 3.05) is 32.3 Å². The lowest BCUT2D eigenvalue weighted by Gasteiger charge is -2.31. The maximum absolute atomic E-state index is 12.8. The summed E-state index contributed by atoms with van der Waals surface area (Å²) in [7, 11) is 2.94. The summed E-state index contributed by atoms with van der Waals surface area (Å²) in [4.78, 5) is 36.0. The third-order valence-electron chi connectivity index (χ3n) is 5.82. The molecular formula is C27H30Cl2N4O4. The molecule has 8 nitrogen and oxygen atoms in total. The highest BCUT2D eigenvalue weighted by Gasteiger charge is 2.25. The molecule has 0 spiro atoms. The minimum Gasteiger partial charge on any atom is -0.467 e. The van der Waals surface area contributed by atoms with Gasteiger partial charge in [-0.25, -0.2) is 14.8 Å². The Balaban J connectivity index is 1.72. The molecule has 0 radical (unpaired) electrons. The largest absolute Gasteiger partial charge is 0.467 e. The second kappa shape index (κ2) is 13.9. The number of nitrogens with zero attached hydrogens (tertiary/aromatic N) is 3. The van der Waals surface area contributed by atoms with Crippen molar-refractivity contribution in [3.63, 3.8) is 0 Å². The van der Waals surface area contributed by atoms with E-state index in [1.807, 2.05) is 18.2 Å². The fourth-order valence-corrected chi connectivity index (χ4v) is 4.55. The van der Waals surface area contributed by atoms with Crippen LogP contribution in [0.1, 0.15) is 30.1 Å². The number of anilines is 1. The van der Waals surface area contributed by atoms with Crippen molar-refractivity contribution >= 4 is 41.0 Å². The molecule has 196 valence electrons. The van der Waals surface area contributed by atoms with E-state index < -0.39 is 17.9 Å². The summed E-state index contributed by atoms with van der Waals surface area (Å²) in [5.41, 5.74) is 2.29. The molecule has 10 heteroatoms. The number of hydrogen-bond donors (Lipinski definition) is 1. The number of aromatic nitrogens is 2. The van der Waals surface area contributed by atoms with Crippen molar-refractivity contribution in [2.45, 2.75) is 25.8 Å². The van der Waals surface area contributed by atoms with Crippen molar-refractivity contribution < 1.29 is 19.1 Å². The molecule has 1 aromatic heterocycles. The minimum atomic E-state index is -0.895. The van der Waals surface area contributed by atoms with Crippen LogP contribution in [0.2, 0.25) is 10.0 Å². The zero-order valence-electron chi connectivity index (χ0n) is 21.0. The number of carbonyl (C=O) groups is 2. The Morgan fingerprint density at radius 3 is 2.49 bits per heavy atom. The van der Waals surface area contributed by atoms with Gasteiger partial charge >= 0.3 is 5.97 Å². The van der Waals surface area contributed by atoms with Crippen LogP contribution in [0.15, 0.2) is 72.2 Å². The topological polar surface area (TPSA) is 93.7 Å². The molecule has 2 unspecified atom stereocenters. The van der Waals surface area contributed by atoms with E-state index in [1.54, 1.807) is 43.8 Å². The lowest BCUT2D eigenvalue weighted by Crippen LogP contribution is -2.41. The fraction of sp³-hybridized carbons (Fsp3) is 0.333. The average molecular weight is 545 g/mol. The van der Waals surface area contributed by atoms with Crippen molar-refractivity contribution in [3.8, 4) is 0 Å². The SMILES string of the molecule is COCCN(C1=CC=C(/C=C/CC(NC(=O)c2c(Cl)cccc2Cl)C(=O)OC)CC1C)c1ncccn1. The Kier molecular flexibility index (Phi) is 10.7.